The van der Waals surface area contributed by atoms with Gasteiger partial charge in [0.1, 0.15) is 0 Å². The molecule has 0 bridgehead atoms. The van der Waals surface area contributed by atoms with Gasteiger partial charge in [0.05, 0.1) is 18.0 Å². The summed E-state index contributed by atoms with van der Waals surface area (Å²) in [5.41, 5.74) is 0.779. The van der Waals surface area contributed by atoms with Crippen LogP contribution in [0.4, 0.5) is 11.1 Å². The van der Waals surface area contributed by atoms with E-state index in [1.165, 1.54) is 21.9 Å². The van der Waals surface area contributed by atoms with Crippen LogP contribution in [0.25, 0.3) is 0 Å². The summed E-state index contributed by atoms with van der Waals surface area (Å²) in [5, 5.41) is 5.57. The van der Waals surface area contributed by atoms with Gasteiger partial charge in [-0.05, 0) is 18.9 Å². The quantitative estimate of drug-likeness (QED) is 0.922. The number of nitrogens with one attached hydrogen (secondary N) is 1. The lowest BCUT2D eigenvalue weighted by atomic mass is 10.2. The van der Waals surface area contributed by atoms with Crippen molar-refractivity contribution in [1.29, 1.82) is 0 Å². The summed E-state index contributed by atoms with van der Waals surface area (Å²) >= 11 is 1.42. The van der Waals surface area contributed by atoms with Crippen molar-refractivity contribution in [2.45, 2.75) is 18.9 Å². The normalized spacial score (nSPS) is 19.8. The Balaban J connectivity index is 1.79. The Kier molecular flexibility index (Phi) is 3.87. The molecule has 0 aromatic carbocycles. The molecule has 1 atom stereocenters. The summed E-state index contributed by atoms with van der Waals surface area (Å²) < 4.78 is 25.1. The van der Waals surface area contributed by atoms with E-state index < -0.39 is 10.0 Å². The van der Waals surface area contributed by atoms with Gasteiger partial charge < -0.3 is 5.32 Å². The van der Waals surface area contributed by atoms with E-state index in [1.807, 2.05) is 5.38 Å². The van der Waals surface area contributed by atoms with Gasteiger partial charge in [-0.2, -0.15) is 4.31 Å². The van der Waals surface area contributed by atoms with Gasteiger partial charge in [0.25, 0.3) is 0 Å². The van der Waals surface area contributed by atoms with Crippen molar-refractivity contribution in [3.8, 4) is 0 Å². The van der Waals surface area contributed by atoms with E-state index in [0.717, 1.165) is 18.5 Å². The summed E-state index contributed by atoms with van der Waals surface area (Å²) in [4.78, 5) is 12.6. The van der Waals surface area contributed by atoms with Crippen LogP contribution in [0.5, 0.6) is 0 Å². The van der Waals surface area contributed by atoms with Crippen molar-refractivity contribution in [3.05, 3.63) is 29.5 Å². The van der Waals surface area contributed by atoms with Crippen LogP contribution in [-0.2, 0) is 10.0 Å². The maximum Gasteiger partial charge on any atom is 0.228 e. The first kappa shape index (κ1) is 14.4. The first-order valence-electron chi connectivity index (χ1n) is 6.50. The van der Waals surface area contributed by atoms with E-state index in [0.29, 0.717) is 17.6 Å². The van der Waals surface area contributed by atoms with Crippen LogP contribution in [0.15, 0.2) is 23.8 Å². The van der Waals surface area contributed by atoms with Gasteiger partial charge in [-0.3, -0.25) is 0 Å². The van der Waals surface area contributed by atoms with Crippen LogP contribution in [0.3, 0.4) is 0 Å². The molecule has 1 N–H and O–H groups in total. The second-order valence-electron chi connectivity index (χ2n) is 4.81. The molecule has 112 valence electrons. The minimum Gasteiger partial charge on any atom is -0.300 e. The van der Waals surface area contributed by atoms with Crippen LogP contribution < -0.4 is 5.32 Å². The molecule has 1 saturated heterocycles. The molecule has 2 aromatic heterocycles. The van der Waals surface area contributed by atoms with Gasteiger partial charge in [0.2, 0.25) is 16.0 Å². The highest BCUT2D eigenvalue weighted by Crippen LogP contribution is 2.35. The molecule has 0 saturated carbocycles. The first-order valence-corrected chi connectivity index (χ1v) is 9.23. The summed E-state index contributed by atoms with van der Waals surface area (Å²) in [6.07, 6.45) is 6.20. The average molecular weight is 325 g/mol. The Labute approximate surface area is 127 Å². The molecule has 0 unspecified atom stereocenters. The number of thiazole rings is 1. The van der Waals surface area contributed by atoms with E-state index >= 15 is 0 Å². The molecule has 0 aliphatic carbocycles. The second kappa shape index (κ2) is 5.66. The largest absolute Gasteiger partial charge is 0.300 e. The second-order valence-corrected chi connectivity index (χ2v) is 7.60. The van der Waals surface area contributed by atoms with Crippen LogP contribution >= 0.6 is 11.3 Å². The highest BCUT2D eigenvalue weighted by Gasteiger charge is 2.34. The molecule has 7 nitrogen and oxygen atoms in total. The Bertz CT molecular complexity index is 716. The molecule has 9 heteroatoms. The standard InChI is InChI=1S/C12H15N5O2S2/c1-21(18,19)17-7-2-4-10(17)9-8-20-12(15-9)16-11-13-5-3-6-14-11/h3,5-6,8,10H,2,4,7H2,1H3,(H,13,14,15,16)/t10-/m0/s1. The molecule has 0 radical (unpaired) electrons. The Hall–Kier alpha value is -1.58. The number of hydrogen-bond donors (Lipinski definition) is 1. The van der Waals surface area contributed by atoms with Gasteiger partial charge >= 0.3 is 0 Å². The summed E-state index contributed by atoms with van der Waals surface area (Å²) in [7, 11) is -3.20. The third-order valence-electron chi connectivity index (χ3n) is 3.28. The molecule has 1 fully saturated rings. The number of rotatable bonds is 4. The minimum atomic E-state index is -3.20. The van der Waals surface area contributed by atoms with E-state index in [1.54, 1.807) is 18.5 Å². The number of anilines is 2. The Morgan fingerprint density at radius 2 is 2.14 bits per heavy atom. The van der Waals surface area contributed by atoms with Crippen LogP contribution in [0, 0.1) is 0 Å². The average Bonchev–Trinajstić information content (AvgIpc) is 3.07. The monoisotopic (exact) mass is 325 g/mol. The van der Waals surface area contributed by atoms with E-state index in [9.17, 15) is 8.42 Å². The van der Waals surface area contributed by atoms with Crippen molar-refractivity contribution < 1.29 is 8.42 Å². The van der Waals surface area contributed by atoms with Crippen LogP contribution in [0.2, 0.25) is 0 Å². The van der Waals surface area contributed by atoms with E-state index in [-0.39, 0.29) is 6.04 Å². The maximum absolute atomic E-state index is 11.8. The molecule has 21 heavy (non-hydrogen) atoms. The zero-order valence-electron chi connectivity index (χ0n) is 11.4. The van der Waals surface area contributed by atoms with E-state index in [4.69, 9.17) is 0 Å². The fourth-order valence-electron chi connectivity index (χ4n) is 2.39. The zero-order chi connectivity index (χ0) is 14.9. The lowest BCUT2D eigenvalue weighted by Gasteiger charge is -2.20. The number of sulfonamides is 1. The van der Waals surface area contributed by atoms with Crippen LogP contribution in [0.1, 0.15) is 24.6 Å². The molecule has 2 aromatic rings. The highest BCUT2D eigenvalue weighted by molar-refractivity contribution is 7.88. The zero-order valence-corrected chi connectivity index (χ0v) is 13.1. The van der Waals surface area contributed by atoms with Crippen molar-refractivity contribution in [1.82, 2.24) is 19.3 Å². The van der Waals surface area contributed by atoms with Gasteiger partial charge in [-0.1, -0.05) is 0 Å². The fourth-order valence-corrected chi connectivity index (χ4v) is 4.28. The molecule has 3 rings (SSSR count). The van der Waals surface area contributed by atoms with Crippen molar-refractivity contribution in [2.75, 3.05) is 18.1 Å². The fraction of sp³-hybridized carbons (Fsp3) is 0.417. The topological polar surface area (TPSA) is 88.1 Å². The number of aromatic nitrogens is 3. The Morgan fingerprint density at radius 1 is 1.38 bits per heavy atom. The molecule has 0 spiro atoms. The predicted octanol–water partition coefficient (Wildman–Crippen LogP) is 1.77. The van der Waals surface area contributed by atoms with Gasteiger partial charge in [0, 0.05) is 24.3 Å². The summed E-state index contributed by atoms with van der Waals surface area (Å²) in [6, 6.07) is 1.57. The third-order valence-corrected chi connectivity index (χ3v) is 5.34. The van der Waals surface area contributed by atoms with E-state index in [2.05, 4.69) is 20.3 Å². The van der Waals surface area contributed by atoms with Gasteiger partial charge in [-0.25, -0.2) is 23.4 Å². The molecular formula is C12H15N5O2S2. The highest BCUT2D eigenvalue weighted by atomic mass is 32.2. The molecule has 3 heterocycles. The SMILES string of the molecule is CS(=O)(=O)N1CCC[C@H]1c1csc(Nc2ncccn2)n1. The number of hydrogen-bond acceptors (Lipinski definition) is 7. The van der Waals surface area contributed by atoms with Gasteiger partial charge in [-0.15, -0.1) is 11.3 Å². The Morgan fingerprint density at radius 3 is 2.86 bits per heavy atom. The predicted molar refractivity (Wildman–Crippen MR) is 81.0 cm³/mol. The molecule has 0 amide bonds. The molecule has 1 aliphatic rings. The molecule has 1 aliphatic heterocycles. The third kappa shape index (κ3) is 3.20. The summed E-state index contributed by atoms with van der Waals surface area (Å²) in [5.74, 6) is 0.477. The number of nitrogens with zero attached hydrogens (tertiary/aromatic N) is 4. The lowest BCUT2D eigenvalue weighted by molar-refractivity contribution is 0.395. The lowest BCUT2D eigenvalue weighted by Crippen LogP contribution is -2.29. The first-order chi connectivity index (χ1) is 10.0. The van der Waals surface area contributed by atoms with Gasteiger partial charge in [0.15, 0.2) is 5.13 Å². The van der Waals surface area contributed by atoms with Crippen molar-refractivity contribution >= 4 is 32.4 Å². The summed E-state index contributed by atoms with van der Waals surface area (Å²) in [6.45, 7) is 0.561. The van der Waals surface area contributed by atoms with Crippen molar-refractivity contribution in [2.24, 2.45) is 0 Å². The minimum absolute atomic E-state index is 0.163. The smallest absolute Gasteiger partial charge is 0.228 e. The molecular weight excluding hydrogens is 310 g/mol. The van der Waals surface area contributed by atoms with Crippen molar-refractivity contribution in [3.63, 3.8) is 0 Å². The van der Waals surface area contributed by atoms with Crippen LogP contribution in [-0.4, -0.2) is 40.5 Å². The maximum atomic E-state index is 11.8.